The Morgan fingerprint density at radius 3 is 2.10 bits per heavy atom. The van der Waals surface area contributed by atoms with Gasteiger partial charge in [-0.2, -0.15) is 0 Å². The van der Waals surface area contributed by atoms with Gasteiger partial charge in [0.25, 0.3) is 0 Å². The van der Waals surface area contributed by atoms with Crippen molar-refractivity contribution < 1.29 is 19.3 Å². The minimum atomic E-state index is -0.0687. The molecule has 2 rings (SSSR count). The first-order valence-corrected chi connectivity index (χ1v) is 7.10. The molecule has 0 aromatic heterocycles. The predicted octanol–water partition coefficient (Wildman–Crippen LogP) is 0.651. The van der Waals surface area contributed by atoms with Crippen molar-refractivity contribution in [2.75, 3.05) is 54.1 Å². The molecule has 1 aromatic rings. The predicted molar refractivity (Wildman–Crippen MR) is 80.4 cm³/mol. The number of methoxy groups -OCH3 is 3. The minimum Gasteiger partial charge on any atom is -0.493 e. The molecule has 1 aliphatic rings. The molecule has 1 fully saturated rings. The van der Waals surface area contributed by atoms with Crippen LogP contribution in [-0.4, -0.2) is 64.1 Å². The van der Waals surface area contributed by atoms with E-state index in [0.29, 0.717) is 17.2 Å². The summed E-state index contributed by atoms with van der Waals surface area (Å²) in [5.74, 6) is 1.79. The largest absolute Gasteiger partial charge is 0.493 e. The molecule has 6 heteroatoms. The molecule has 0 saturated carbocycles. The SMILES string of the molecule is COc1cc(C(CO)N2CCNCC2)cc(OC)c1OC. The van der Waals surface area contributed by atoms with Gasteiger partial charge in [0.05, 0.1) is 34.0 Å². The molecular weight excluding hydrogens is 272 g/mol. The van der Waals surface area contributed by atoms with Crippen molar-refractivity contribution in [3.8, 4) is 17.2 Å². The van der Waals surface area contributed by atoms with E-state index in [4.69, 9.17) is 14.2 Å². The summed E-state index contributed by atoms with van der Waals surface area (Å²) in [6.07, 6.45) is 0. The van der Waals surface area contributed by atoms with E-state index in [0.717, 1.165) is 31.7 Å². The van der Waals surface area contributed by atoms with Crippen LogP contribution in [0.25, 0.3) is 0 Å². The Kier molecular flexibility index (Phi) is 5.67. The highest BCUT2D eigenvalue weighted by atomic mass is 16.5. The molecule has 0 amide bonds. The second kappa shape index (κ2) is 7.49. The van der Waals surface area contributed by atoms with Crippen LogP contribution in [0.5, 0.6) is 17.2 Å². The number of ether oxygens (including phenoxy) is 3. The van der Waals surface area contributed by atoms with Crippen LogP contribution >= 0.6 is 0 Å². The summed E-state index contributed by atoms with van der Waals surface area (Å²) in [5, 5.41) is 13.1. The van der Waals surface area contributed by atoms with Crippen LogP contribution in [0.1, 0.15) is 11.6 Å². The summed E-state index contributed by atoms with van der Waals surface area (Å²) in [4.78, 5) is 2.26. The lowest BCUT2D eigenvalue weighted by Crippen LogP contribution is -2.46. The zero-order valence-electron chi connectivity index (χ0n) is 12.9. The highest BCUT2D eigenvalue weighted by Gasteiger charge is 2.24. The molecule has 6 nitrogen and oxygen atoms in total. The second-order valence-corrected chi connectivity index (χ2v) is 4.94. The third kappa shape index (κ3) is 3.40. The van der Waals surface area contributed by atoms with Crippen molar-refractivity contribution in [2.45, 2.75) is 6.04 Å². The molecule has 1 aliphatic heterocycles. The van der Waals surface area contributed by atoms with Crippen LogP contribution in [0, 0.1) is 0 Å². The number of nitrogens with zero attached hydrogens (tertiary/aromatic N) is 1. The molecule has 0 aliphatic carbocycles. The number of nitrogens with one attached hydrogen (secondary N) is 1. The van der Waals surface area contributed by atoms with Gasteiger partial charge in [-0.05, 0) is 17.7 Å². The fourth-order valence-electron chi connectivity index (χ4n) is 2.72. The third-order valence-electron chi connectivity index (χ3n) is 3.84. The van der Waals surface area contributed by atoms with Gasteiger partial charge in [0.2, 0.25) is 5.75 Å². The van der Waals surface area contributed by atoms with E-state index in [1.54, 1.807) is 21.3 Å². The standard InChI is InChI=1S/C15H24N2O4/c1-19-13-8-11(9-14(20-2)15(13)21-3)12(10-18)17-6-4-16-5-7-17/h8-9,12,16,18H,4-7,10H2,1-3H3. The average Bonchev–Trinajstić information content (AvgIpc) is 2.55. The van der Waals surface area contributed by atoms with E-state index >= 15 is 0 Å². The maximum Gasteiger partial charge on any atom is 0.203 e. The van der Waals surface area contributed by atoms with E-state index in [-0.39, 0.29) is 12.6 Å². The Morgan fingerprint density at radius 1 is 1.10 bits per heavy atom. The van der Waals surface area contributed by atoms with E-state index in [1.165, 1.54) is 0 Å². The fraction of sp³-hybridized carbons (Fsp3) is 0.600. The lowest BCUT2D eigenvalue weighted by molar-refractivity contribution is 0.110. The summed E-state index contributed by atoms with van der Waals surface area (Å²) >= 11 is 0. The Labute approximate surface area is 125 Å². The van der Waals surface area contributed by atoms with Crippen LogP contribution in [0.4, 0.5) is 0 Å². The molecule has 1 aromatic carbocycles. The van der Waals surface area contributed by atoms with Crippen LogP contribution in [0.2, 0.25) is 0 Å². The maximum atomic E-state index is 9.81. The molecule has 21 heavy (non-hydrogen) atoms. The summed E-state index contributed by atoms with van der Waals surface area (Å²) < 4.78 is 16.1. The molecule has 118 valence electrons. The topological polar surface area (TPSA) is 63.2 Å². The van der Waals surface area contributed by atoms with Gasteiger partial charge in [0.15, 0.2) is 11.5 Å². The number of aliphatic hydroxyl groups excluding tert-OH is 1. The molecular formula is C15H24N2O4. The zero-order chi connectivity index (χ0) is 15.2. The number of benzene rings is 1. The average molecular weight is 296 g/mol. The molecule has 0 bridgehead atoms. The van der Waals surface area contributed by atoms with Gasteiger partial charge in [0, 0.05) is 26.2 Å². The fourth-order valence-corrected chi connectivity index (χ4v) is 2.72. The van der Waals surface area contributed by atoms with Gasteiger partial charge in [0.1, 0.15) is 0 Å². The Balaban J connectivity index is 2.36. The Hall–Kier alpha value is -1.50. The quantitative estimate of drug-likeness (QED) is 0.804. The van der Waals surface area contributed by atoms with Gasteiger partial charge < -0.3 is 24.6 Å². The van der Waals surface area contributed by atoms with Crippen LogP contribution in [-0.2, 0) is 0 Å². The van der Waals surface area contributed by atoms with Gasteiger partial charge in [-0.15, -0.1) is 0 Å². The Morgan fingerprint density at radius 2 is 1.67 bits per heavy atom. The Bertz CT molecular complexity index is 436. The van der Waals surface area contributed by atoms with Crippen molar-refractivity contribution in [3.63, 3.8) is 0 Å². The van der Waals surface area contributed by atoms with Crippen molar-refractivity contribution >= 4 is 0 Å². The van der Waals surface area contributed by atoms with Gasteiger partial charge in [-0.3, -0.25) is 4.90 Å². The second-order valence-electron chi connectivity index (χ2n) is 4.94. The smallest absolute Gasteiger partial charge is 0.203 e. The first kappa shape index (κ1) is 15.9. The molecule has 0 spiro atoms. The van der Waals surface area contributed by atoms with E-state index < -0.39 is 0 Å². The highest BCUT2D eigenvalue weighted by molar-refractivity contribution is 5.54. The van der Waals surface area contributed by atoms with Crippen molar-refractivity contribution in [1.82, 2.24) is 10.2 Å². The number of piperazine rings is 1. The third-order valence-corrected chi connectivity index (χ3v) is 3.84. The highest BCUT2D eigenvalue weighted by Crippen LogP contribution is 2.40. The molecule has 1 unspecified atom stereocenters. The number of hydrogen-bond donors (Lipinski definition) is 2. The van der Waals surface area contributed by atoms with Crippen LogP contribution < -0.4 is 19.5 Å². The lowest BCUT2D eigenvalue weighted by atomic mass is 10.0. The first-order valence-electron chi connectivity index (χ1n) is 7.10. The van der Waals surface area contributed by atoms with Gasteiger partial charge >= 0.3 is 0 Å². The summed E-state index contributed by atoms with van der Waals surface area (Å²) in [6, 6.07) is 3.75. The molecule has 1 saturated heterocycles. The normalized spacial score (nSPS) is 17.3. The first-order chi connectivity index (χ1) is 10.2. The van der Waals surface area contributed by atoms with E-state index in [1.807, 2.05) is 12.1 Å². The monoisotopic (exact) mass is 296 g/mol. The van der Waals surface area contributed by atoms with Crippen LogP contribution in [0.15, 0.2) is 12.1 Å². The van der Waals surface area contributed by atoms with Gasteiger partial charge in [-0.25, -0.2) is 0 Å². The molecule has 1 atom stereocenters. The van der Waals surface area contributed by atoms with E-state index in [2.05, 4.69) is 10.2 Å². The van der Waals surface area contributed by atoms with Crippen molar-refractivity contribution in [1.29, 1.82) is 0 Å². The summed E-state index contributed by atoms with van der Waals surface area (Å²) in [6.45, 7) is 3.73. The van der Waals surface area contributed by atoms with E-state index in [9.17, 15) is 5.11 Å². The summed E-state index contributed by atoms with van der Waals surface area (Å²) in [5.41, 5.74) is 0.967. The number of hydrogen-bond acceptors (Lipinski definition) is 6. The molecule has 1 heterocycles. The summed E-state index contributed by atoms with van der Waals surface area (Å²) in [7, 11) is 4.78. The maximum absolute atomic E-state index is 9.81. The molecule has 2 N–H and O–H groups in total. The molecule has 0 radical (unpaired) electrons. The van der Waals surface area contributed by atoms with Crippen molar-refractivity contribution in [2.24, 2.45) is 0 Å². The van der Waals surface area contributed by atoms with Crippen LogP contribution in [0.3, 0.4) is 0 Å². The zero-order valence-corrected chi connectivity index (χ0v) is 12.9. The van der Waals surface area contributed by atoms with Gasteiger partial charge in [-0.1, -0.05) is 0 Å². The lowest BCUT2D eigenvalue weighted by Gasteiger charge is -2.34. The number of aliphatic hydroxyl groups is 1. The number of rotatable bonds is 6. The van der Waals surface area contributed by atoms with Crippen molar-refractivity contribution in [3.05, 3.63) is 17.7 Å². The minimum absolute atomic E-state index is 0.0542.